The second-order valence-electron chi connectivity index (χ2n) is 8.30. The number of nitrogens with zero attached hydrogens (tertiary/aromatic N) is 1. The zero-order valence-electron chi connectivity index (χ0n) is 15.8. The van der Waals surface area contributed by atoms with Crippen molar-refractivity contribution in [2.75, 3.05) is 13.1 Å². The highest BCUT2D eigenvalue weighted by atomic mass is 16.6. The van der Waals surface area contributed by atoms with Gasteiger partial charge in [-0.25, -0.2) is 4.79 Å². The number of likely N-dealkylation sites (tertiary alicyclic amines) is 1. The van der Waals surface area contributed by atoms with Gasteiger partial charge in [0.2, 0.25) is 0 Å². The molecule has 1 amide bonds. The molecule has 3 unspecified atom stereocenters. The highest BCUT2D eigenvalue weighted by Crippen LogP contribution is 2.24. The van der Waals surface area contributed by atoms with Crippen molar-refractivity contribution in [2.24, 2.45) is 5.92 Å². The Hall–Kier alpha value is -0.810. The molecule has 0 radical (unpaired) electrons. The van der Waals surface area contributed by atoms with Gasteiger partial charge in [-0.15, -0.1) is 0 Å². The highest BCUT2D eigenvalue weighted by Gasteiger charge is 2.32. The molecule has 5 nitrogen and oxygen atoms in total. The van der Waals surface area contributed by atoms with Gasteiger partial charge in [-0.2, -0.15) is 0 Å². The molecule has 0 aromatic carbocycles. The molecule has 23 heavy (non-hydrogen) atoms. The van der Waals surface area contributed by atoms with Gasteiger partial charge in [-0.1, -0.05) is 13.8 Å². The van der Waals surface area contributed by atoms with E-state index in [-0.39, 0.29) is 24.3 Å². The summed E-state index contributed by atoms with van der Waals surface area (Å²) >= 11 is 0. The lowest BCUT2D eigenvalue weighted by atomic mass is 10.0. The van der Waals surface area contributed by atoms with Crippen molar-refractivity contribution in [3.8, 4) is 0 Å². The number of hydrogen-bond donors (Lipinski definition) is 2. The average molecular weight is 328 g/mol. The molecule has 1 aliphatic rings. The number of hydrogen-bond acceptors (Lipinski definition) is 4. The van der Waals surface area contributed by atoms with Gasteiger partial charge in [0, 0.05) is 25.2 Å². The summed E-state index contributed by atoms with van der Waals surface area (Å²) in [7, 11) is 0. The molecule has 0 aliphatic carbocycles. The molecule has 0 saturated carbocycles. The minimum absolute atomic E-state index is 0.202. The Kier molecular flexibility index (Phi) is 7.81. The summed E-state index contributed by atoms with van der Waals surface area (Å²) in [5, 5.41) is 13.3. The van der Waals surface area contributed by atoms with E-state index in [0.717, 1.165) is 32.2 Å². The van der Waals surface area contributed by atoms with Gasteiger partial charge in [-0.3, -0.25) is 0 Å². The maximum Gasteiger partial charge on any atom is 0.410 e. The second-order valence-corrected chi connectivity index (χ2v) is 8.30. The number of nitrogens with one attached hydrogen (secondary N) is 1. The second kappa shape index (κ2) is 8.88. The first-order valence-corrected chi connectivity index (χ1v) is 8.99. The molecule has 3 atom stereocenters. The third-order valence-electron chi connectivity index (χ3n) is 4.08. The standard InChI is InChI=1S/C18H36N2O3/c1-13(2)10-16(21)12-19-14(3)11-15-8-7-9-20(15)17(22)23-18(4,5)6/h13-16,19,21H,7-12H2,1-6H3. The van der Waals surface area contributed by atoms with Crippen LogP contribution in [0.1, 0.15) is 67.2 Å². The largest absolute Gasteiger partial charge is 0.444 e. The van der Waals surface area contributed by atoms with Crippen molar-refractivity contribution >= 4 is 6.09 Å². The van der Waals surface area contributed by atoms with Crippen molar-refractivity contribution in [3.63, 3.8) is 0 Å². The van der Waals surface area contributed by atoms with Crippen LogP contribution in [-0.4, -0.2) is 53.0 Å². The topological polar surface area (TPSA) is 61.8 Å². The van der Waals surface area contributed by atoms with E-state index in [4.69, 9.17) is 4.74 Å². The molecule has 1 rings (SSSR count). The maximum atomic E-state index is 12.3. The molecule has 1 heterocycles. The summed E-state index contributed by atoms with van der Waals surface area (Å²) in [5.41, 5.74) is -0.449. The first-order chi connectivity index (χ1) is 10.6. The van der Waals surface area contributed by atoms with Crippen LogP contribution in [0.4, 0.5) is 4.79 Å². The molecule has 1 saturated heterocycles. The lowest BCUT2D eigenvalue weighted by molar-refractivity contribution is 0.0213. The Morgan fingerprint density at radius 3 is 2.57 bits per heavy atom. The van der Waals surface area contributed by atoms with Crippen LogP contribution in [0.15, 0.2) is 0 Å². The van der Waals surface area contributed by atoms with Crippen molar-refractivity contribution < 1.29 is 14.6 Å². The summed E-state index contributed by atoms with van der Waals surface area (Å²) < 4.78 is 5.50. The zero-order chi connectivity index (χ0) is 17.6. The van der Waals surface area contributed by atoms with Gasteiger partial charge >= 0.3 is 6.09 Å². The molecular weight excluding hydrogens is 292 g/mol. The van der Waals surface area contributed by atoms with Gasteiger partial charge in [0.25, 0.3) is 0 Å². The summed E-state index contributed by atoms with van der Waals surface area (Å²) in [6.45, 7) is 13.4. The predicted molar refractivity (Wildman–Crippen MR) is 93.5 cm³/mol. The van der Waals surface area contributed by atoms with Crippen LogP contribution < -0.4 is 5.32 Å². The Labute approximate surface area is 141 Å². The van der Waals surface area contributed by atoms with Crippen molar-refractivity contribution in [1.29, 1.82) is 0 Å². The van der Waals surface area contributed by atoms with Gasteiger partial charge in [0.15, 0.2) is 0 Å². The minimum atomic E-state index is -0.449. The Morgan fingerprint density at radius 2 is 2.00 bits per heavy atom. The number of aliphatic hydroxyl groups excluding tert-OH is 1. The molecule has 0 bridgehead atoms. The summed E-state index contributed by atoms with van der Waals surface area (Å²) in [5.74, 6) is 0.500. The number of carbonyl (C=O) groups is 1. The van der Waals surface area contributed by atoms with Gasteiger partial charge in [0.05, 0.1) is 6.10 Å². The van der Waals surface area contributed by atoms with E-state index in [9.17, 15) is 9.90 Å². The monoisotopic (exact) mass is 328 g/mol. The lowest BCUT2D eigenvalue weighted by Crippen LogP contribution is -2.43. The molecule has 5 heteroatoms. The quantitative estimate of drug-likeness (QED) is 0.753. The lowest BCUT2D eigenvalue weighted by Gasteiger charge is -2.30. The number of amides is 1. The number of carbonyl (C=O) groups excluding carboxylic acids is 1. The molecule has 1 fully saturated rings. The third-order valence-corrected chi connectivity index (χ3v) is 4.08. The summed E-state index contributed by atoms with van der Waals surface area (Å²) in [4.78, 5) is 14.2. The van der Waals surface area contributed by atoms with E-state index in [2.05, 4.69) is 26.1 Å². The minimum Gasteiger partial charge on any atom is -0.444 e. The zero-order valence-corrected chi connectivity index (χ0v) is 15.8. The fourth-order valence-corrected chi connectivity index (χ4v) is 3.10. The average Bonchev–Trinajstić information content (AvgIpc) is 2.81. The van der Waals surface area contributed by atoms with Gasteiger partial charge < -0.3 is 20.1 Å². The maximum absolute atomic E-state index is 12.3. The Balaban J connectivity index is 2.41. The first-order valence-electron chi connectivity index (χ1n) is 8.99. The van der Waals surface area contributed by atoms with E-state index >= 15 is 0 Å². The van der Waals surface area contributed by atoms with E-state index in [1.54, 1.807) is 0 Å². The van der Waals surface area contributed by atoms with Crippen molar-refractivity contribution in [2.45, 2.75) is 91.0 Å². The molecular formula is C18H36N2O3. The predicted octanol–water partition coefficient (Wildman–Crippen LogP) is 3.16. The van der Waals surface area contributed by atoms with Crippen LogP contribution in [0.5, 0.6) is 0 Å². The number of aliphatic hydroxyl groups is 1. The normalized spacial score (nSPS) is 21.6. The fourth-order valence-electron chi connectivity index (χ4n) is 3.10. The molecule has 0 aromatic heterocycles. The smallest absolute Gasteiger partial charge is 0.410 e. The van der Waals surface area contributed by atoms with Gasteiger partial charge in [-0.05, 0) is 59.3 Å². The van der Waals surface area contributed by atoms with Crippen LogP contribution in [0.2, 0.25) is 0 Å². The first kappa shape index (κ1) is 20.2. The van der Waals surface area contributed by atoms with Gasteiger partial charge in [0.1, 0.15) is 5.60 Å². The van der Waals surface area contributed by atoms with E-state index in [1.165, 1.54) is 0 Å². The van der Waals surface area contributed by atoms with Crippen molar-refractivity contribution in [1.82, 2.24) is 10.2 Å². The molecule has 0 aromatic rings. The number of rotatable bonds is 7. The van der Waals surface area contributed by atoms with Crippen LogP contribution in [0, 0.1) is 5.92 Å². The van der Waals surface area contributed by atoms with E-state index in [0.29, 0.717) is 12.5 Å². The highest BCUT2D eigenvalue weighted by molar-refractivity contribution is 5.68. The summed E-state index contributed by atoms with van der Waals surface area (Å²) in [6.07, 6.45) is 3.27. The SMILES string of the molecule is CC(C)CC(O)CNC(C)CC1CCCN1C(=O)OC(C)(C)C. The fraction of sp³-hybridized carbons (Fsp3) is 0.944. The van der Waals surface area contributed by atoms with Crippen molar-refractivity contribution in [3.05, 3.63) is 0 Å². The molecule has 0 spiro atoms. The number of ether oxygens (including phenoxy) is 1. The van der Waals surface area contributed by atoms with Crippen LogP contribution in [0.3, 0.4) is 0 Å². The Bertz CT molecular complexity index is 366. The van der Waals surface area contributed by atoms with E-state index < -0.39 is 5.60 Å². The van der Waals surface area contributed by atoms with E-state index in [1.807, 2.05) is 25.7 Å². The van der Waals surface area contributed by atoms with Crippen LogP contribution >= 0.6 is 0 Å². The van der Waals surface area contributed by atoms with Crippen LogP contribution in [-0.2, 0) is 4.74 Å². The molecule has 2 N–H and O–H groups in total. The molecule has 1 aliphatic heterocycles. The van der Waals surface area contributed by atoms with Crippen LogP contribution in [0.25, 0.3) is 0 Å². The Morgan fingerprint density at radius 1 is 1.35 bits per heavy atom. The third kappa shape index (κ3) is 8.02. The summed E-state index contributed by atoms with van der Waals surface area (Å²) in [6, 6.07) is 0.499. The molecule has 136 valence electrons.